The molecule has 80 valence electrons. The molecule has 0 N–H and O–H groups in total. The van der Waals surface area contributed by atoms with E-state index in [1.165, 1.54) is 13.3 Å². The van der Waals surface area contributed by atoms with Crippen LogP contribution in [-0.4, -0.2) is 12.1 Å². The fraction of sp³-hybridized carbons (Fsp3) is 0.333. The Balaban J connectivity index is 3.46. The molecule has 1 aromatic heterocycles. The molecule has 0 amide bonds. The number of rotatable bonds is 3. The summed E-state index contributed by atoms with van der Waals surface area (Å²) in [7, 11) is 1.29. The molecule has 0 aliphatic carbocycles. The maximum atomic E-state index is 12.7. The summed E-state index contributed by atoms with van der Waals surface area (Å²) in [6, 6.07) is 1.67. The van der Waals surface area contributed by atoms with E-state index < -0.39 is 12.0 Å². The summed E-state index contributed by atoms with van der Waals surface area (Å²) in [5, 5.41) is 8.77. The van der Waals surface area contributed by atoms with Gasteiger partial charge in [-0.15, -0.1) is 11.6 Å². The zero-order valence-corrected chi connectivity index (χ0v) is 8.55. The van der Waals surface area contributed by atoms with Crippen molar-refractivity contribution >= 4 is 11.6 Å². The second-order valence-electron chi connectivity index (χ2n) is 2.61. The smallest absolute Gasteiger partial charge is 0.267 e. The Morgan fingerprint density at radius 3 is 2.73 bits per heavy atom. The minimum atomic E-state index is -2.80. The van der Waals surface area contributed by atoms with Gasteiger partial charge in [-0.2, -0.15) is 5.26 Å². The molecular formula is C9H7ClF2N2O. The fourth-order valence-electron chi connectivity index (χ4n) is 1.16. The predicted octanol–water partition coefficient (Wildman–Crippen LogP) is 2.64. The van der Waals surface area contributed by atoms with Crippen LogP contribution in [0.3, 0.4) is 0 Å². The van der Waals surface area contributed by atoms with Crippen molar-refractivity contribution in [2.45, 2.75) is 12.3 Å². The van der Waals surface area contributed by atoms with E-state index in [0.717, 1.165) is 0 Å². The molecule has 1 aromatic rings. The number of hydrogen-bond acceptors (Lipinski definition) is 3. The summed E-state index contributed by atoms with van der Waals surface area (Å²) in [6.07, 6.45) is -1.58. The lowest BCUT2D eigenvalue weighted by Gasteiger charge is -2.10. The Morgan fingerprint density at radius 1 is 1.67 bits per heavy atom. The zero-order chi connectivity index (χ0) is 11.4. The van der Waals surface area contributed by atoms with Crippen LogP contribution in [0.25, 0.3) is 0 Å². The Kier molecular flexibility index (Phi) is 3.81. The van der Waals surface area contributed by atoms with E-state index in [0.29, 0.717) is 0 Å². The second kappa shape index (κ2) is 4.89. The summed E-state index contributed by atoms with van der Waals surface area (Å²) in [4.78, 5) is 3.71. The van der Waals surface area contributed by atoms with E-state index >= 15 is 0 Å². The van der Waals surface area contributed by atoms with Gasteiger partial charge in [-0.3, -0.25) is 4.98 Å². The first-order chi connectivity index (χ1) is 7.15. The van der Waals surface area contributed by atoms with Crippen molar-refractivity contribution in [2.75, 3.05) is 7.11 Å². The van der Waals surface area contributed by atoms with Crippen LogP contribution in [0.1, 0.15) is 23.2 Å². The molecule has 15 heavy (non-hydrogen) atoms. The van der Waals surface area contributed by atoms with E-state index in [-0.39, 0.29) is 22.9 Å². The maximum Gasteiger partial charge on any atom is 0.267 e. The summed E-state index contributed by atoms with van der Waals surface area (Å²) in [5.74, 6) is -0.139. The molecule has 0 radical (unpaired) electrons. The lowest BCUT2D eigenvalue weighted by molar-refractivity contribution is 0.149. The number of pyridine rings is 1. The summed E-state index contributed by atoms with van der Waals surface area (Å²) in [6.45, 7) is 0. The van der Waals surface area contributed by atoms with Crippen molar-refractivity contribution in [3.05, 3.63) is 23.0 Å². The molecule has 6 heteroatoms. The SMILES string of the molecule is COc1cnc(CCl)c(C(F)F)c1C#N. The third-order valence-corrected chi connectivity index (χ3v) is 2.09. The first-order valence-electron chi connectivity index (χ1n) is 3.95. The van der Waals surface area contributed by atoms with Crippen LogP contribution in [0, 0.1) is 11.3 Å². The first kappa shape index (κ1) is 11.7. The Bertz CT molecular complexity index is 404. The molecule has 0 aliphatic rings. The highest BCUT2D eigenvalue weighted by Crippen LogP contribution is 2.31. The quantitative estimate of drug-likeness (QED) is 0.753. The number of ether oxygens (including phenoxy) is 1. The number of halogens is 3. The molecule has 0 spiro atoms. The van der Waals surface area contributed by atoms with Gasteiger partial charge in [0.1, 0.15) is 11.6 Å². The molecule has 1 heterocycles. The second-order valence-corrected chi connectivity index (χ2v) is 2.88. The normalized spacial score (nSPS) is 10.1. The summed E-state index contributed by atoms with van der Waals surface area (Å²) < 4.78 is 30.1. The maximum absolute atomic E-state index is 12.7. The van der Waals surface area contributed by atoms with Crippen molar-refractivity contribution in [3.8, 4) is 11.8 Å². The minimum Gasteiger partial charge on any atom is -0.494 e. The number of alkyl halides is 3. The lowest BCUT2D eigenvalue weighted by Crippen LogP contribution is -2.02. The van der Waals surface area contributed by atoms with E-state index in [9.17, 15) is 8.78 Å². The Hall–Kier alpha value is -1.41. The number of aromatic nitrogens is 1. The zero-order valence-electron chi connectivity index (χ0n) is 7.80. The van der Waals surface area contributed by atoms with Crippen LogP contribution in [-0.2, 0) is 5.88 Å². The van der Waals surface area contributed by atoms with Crippen LogP contribution in [0.15, 0.2) is 6.20 Å². The Morgan fingerprint density at radius 2 is 2.33 bits per heavy atom. The van der Waals surface area contributed by atoms with Crippen molar-refractivity contribution in [3.63, 3.8) is 0 Å². The van der Waals surface area contributed by atoms with Crippen LogP contribution in [0.4, 0.5) is 8.78 Å². The average molecular weight is 233 g/mol. The van der Waals surface area contributed by atoms with Crippen LogP contribution < -0.4 is 4.74 Å². The van der Waals surface area contributed by atoms with Crippen LogP contribution >= 0.6 is 11.6 Å². The molecule has 0 bridgehead atoms. The van der Waals surface area contributed by atoms with Crippen molar-refractivity contribution < 1.29 is 13.5 Å². The average Bonchev–Trinajstić information content (AvgIpc) is 2.26. The molecule has 0 saturated carbocycles. The molecule has 0 atom stereocenters. The van der Waals surface area contributed by atoms with Crippen LogP contribution in [0.2, 0.25) is 0 Å². The van der Waals surface area contributed by atoms with Gasteiger partial charge >= 0.3 is 0 Å². The molecule has 0 aliphatic heterocycles. The van der Waals surface area contributed by atoms with Gasteiger partial charge in [0.2, 0.25) is 0 Å². The molecule has 1 rings (SSSR count). The number of nitriles is 1. The highest BCUT2D eigenvalue weighted by Gasteiger charge is 2.22. The third kappa shape index (κ3) is 2.16. The highest BCUT2D eigenvalue weighted by atomic mass is 35.5. The minimum absolute atomic E-state index is 0.00372. The van der Waals surface area contributed by atoms with Gasteiger partial charge in [0, 0.05) is 0 Å². The third-order valence-electron chi connectivity index (χ3n) is 1.84. The number of nitrogens with zero attached hydrogens (tertiary/aromatic N) is 2. The van der Waals surface area contributed by atoms with Gasteiger partial charge in [-0.25, -0.2) is 8.78 Å². The van der Waals surface area contributed by atoms with E-state index in [1.54, 1.807) is 6.07 Å². The van der Waals surface area contributed by atoms with E-state index in [1.807, 2.05) is 0 Å². The van der Waals surface area contributed by atoms with Gasteiger partial charge < -0.3 is 4.74 Å². The van der Waals surface area contributed by atoms with Crippen molar-refractivity contribution in [2.24, 2.45) is 0 Å². The molecule has 0 saturated heterocycles. The molecule has 0 unspecified atom stereocenters. The molecular weight excluding hydrogens is 226 g/mol. The van der Waals surface area contributed by atoms with Crippen molar-refractivity contribution in [1.82, 2.24) is 4.98 Å². The number of hydrogen-bond donors (Lipinski definition) is 0. The summed E-state index contributed by atoms with van der Waals surface area (Å²) >= 11 is 5.45. The monoisotopic (exact) mass is 232 g/mol. The fourth-order valence-corrected chi connectivity index (χ4v) is 1.37. The van der Waals surface area contributed by atoms with Crippen LogP contribution in [0.5, 0.6) is 5.75 Å². The first-order valence-corrected chi connectivity index (χ1v) is 4.49. The number of methoxy groups -OCH3 is 1. The van der Waals surface area contributed by atoms with Gasteiger partial charge in [-0.1, -0.05) is 0 Å². The topological polar surface area (TPSA) is 45.9 Å². The van der Waals surface area contributed by atoms with E-state index in [4.69, 9.17) is 21.6 Å². The molecule has 3 nitrogen and oxygen atoms in total. The lowest BCUT2D eigenvalue weighted by atomic mass is 10.1. The van der Waals surface area contributed by atoms with Gasteiger partial charge in [0.15, 0.2) is 5.75 Å². The Labute approximate surface area is 90.3 Å². The van der Waals surface area contributed by atoms with Gasteiger partial charge in [0.05, 0.1) is 30.4 Å². The van der Waals surface area contributed by atoms with Gasteiger partial charge in [0.25, 0.3) is 6.43 Å². The molecule has 0 aromatic carbocycles. The summed E-state index contributed by atoms with van der Waals surface area (Å²) in [5.41, 5.74) is -0.658. The predicted molar refractivity (Wildman–Crippen MR) is 50.0 cm³/mol. The standard InChI is InChI=1S/C9H7ClF2N2O/c1-15-7-4-14-6(2-10)8(9(11)12)5(7)3-13/h4,9H,2H2,1H3. The largest absolute Gasteiger partial charge is 0.494 e. The van der Waals surface area contributed by atoms with Crippen molar-refractivity contribution in [1.29, 1.82) is 5.26 Å². The molecule has 0 fully saturated rings. The highest BCUT2D eigenvalue weighted by molar-refractivity contribution is 6.17. The van der Waals surface area contributed by atoms with Gasteiger partial charge in [-0.05, 0) is 0 Å². The van der Waals surface area contributed by atoms with E-state index in [2.05, 4.69) is 4.98 Å².